The van der Waals surface area contributed by atoms with Crippen molar-refractivity contribution < 1.29 is 28.2 Å². The van der Waals surface area contributed by atoms with Gasteiger partial charge in [-0.05, 0) is 64.5 Å². The molecule has 0 bridgehead atoms. The van der Waals surface area contributed by atoms with E-state index in [0.29, 0.717) is 50.6 Å². The first-order chi connectivity index (χ1) is 15.7. The molecule has 0 radical (unpaired) electrons. The molecule has 0 unspecified atom stereocenters. The third kappa shape index (κ3) is 8.47. The smallest absolute Gasteiger partial charge is 0.302 e. The van der Waals surface area contributed by atoms with Gasteiger partial charge in [-0.15, -0.1) is 5.10 Å². The van der Waals surface area contributed by atoms with Crippen molar-refractivity contribution in [3.8, 4) is 5.88 Å². The Hall–Kier alpha value is -2.97. The first-order valence-electron chi connectivity index (χ1n) is 11.4. The third-order valence-corrected chi connectivity index (χ3v) is 5.11. The number of ether oxygens (including phenoxy) is 3. The Kier molecular flexibility index (Phi) is 10.3. The van der Waals surface area contributed by atoms with Crippen molar-refractivity contribution in [2.24, 2.45) is 0 Å². The topological polar surface area (TPSA) is 96.7 Å². The van der Waals surface area contributed by atoms with Gasteiger partial charge in [0.2, 0.25) is 5.88 Å². The molecule has 1 aromatic carbocycles. The van der Waals surface area contributed by atoms with Crippen LogP contribution in [0.3, 0.4) is 0 Å². The van der Waals surface area contributed by atoms with E-state index in [1.165, 1.54) is 30.7 Å². The SMILES string of the molecule is CC(=O)O[C@H](C)CCCCOc1nn(CCCC[C@@H](C)OC(C)=O)c(=O)c2c(F)cccc12. The molecule has 0 saturated heterocycles. The maximum Gasteiger partial charge on any atom is 0.302 e. The zero-order valence-corrected chi connectivity index (χ0v) is 19.8. The van der Waals surface area contributed by atoms with Crippen molar-refractivity contribution >= 4 is 22.7 Å². The maximum atomic E-state index is 14.5. The molecule has 0 N–H and O–H groups in total. The van der Waals surface area contributed by atoms with Gasteiger partial charge in [-0.25, -0.2) is 9.07 Å². The number of halogens is 1. The van der Waals surface area contributed by atoms with E-state index in [0.717, 1.165) is 6.42 Å². The molecule has 33 heavy (non-hydrogen) atoms. The fourth-order valence-corrected chi connectivity index (χ4v) is 3.60. The van der Waals surface area contributed by atoms with Gasteiger partial charge >= 0.3 is 11.9 Å². The molecule has 0 aliphatic rings. The molecular formula is C24H33FN2O6. The predicted molar refractivity (Wildman–Crippen MR) is 122 cm³/mol. The van der Waals surface area contributed by atoms with E-state index in [4.69, 9.17) is 14.2 Å². The summed E-state index contributed by atoms with van der Waals surface area (Å²) in [6.45, 7) is 7.03. The highest BCUT2D eigenvalue weighted by Crippen LogP contribution is 2.23. The second kappa shape index (κ2) is 12.9. The van der Waals surface area contributed by atoms with Crippen molar-refractivity contribution in [1.29, 1.82) is 0 Å². The van der Waals surface area contributed by atoms with Gasteiger partial charge in [-0.3, -0.25) is 14.4 Å². The Morgan fingerprint density at radius 1 is 1.00 bits per heavy atom. The molecule has 2 aromatic rings. The van der Waals surface area contributed by atoms with Crippen molar-refractivity contribution in [1.82, 2.24) is 9.78 Å². The van der Waals surface area contributed by atoms with E-state index in [2.05, 4.69) is 5.10 Å². The van der Waals surface area contributed by atoms with E-state index >= 15 is 0 Å². The normalized spacial score (nSPS) is 12.9. The standard InChI is InChI=1S/C24H33FN2O6/c1-16(32-18(3)28)10-5-7-14-27-24(30)22-20(12-9-13-21(22)25)23(26-27)31-15-8-6-11-17(2)33-19(4)29/h9,12-13,16-17H,5-8,10-11,14-15H2,1-4H3/t16-,17-/m1/s1. The van der Waals surface area contributed by atoms with Crippen molar-refractivity contribution in [2.75, 3.05) is 6.61 Å². The van der Waals surface area contributed by atoms with Gasteiger partial charge in [0.05, 0.1) is 29.6 Å². The van der Waals surface area contributed by atoms with E-state index in [9.17, 15) is 18.8 Å². The second-order valence-corrected chi connectivity index (χ2v) is 8.18. The number of esters is 2. The Labute approximate surface area is 193 Å². The summed E-state index contributed by atoms with van der Waals surface area (Å²) < 4.78 is 31.7. The Morgan fingerprint density at radius 3 is 2.21 bits per heavy atom. The number of nitrogens with zero attached hydrogens (tertiary/aromatic N) is 2. The molecule has 0 spiro atoms. The van der Waals surface area contributed by atoms with Crippen molar-refractivity contribution in [3.05, 3.63) is 34.4 Å². The largest absolute Gasteiger partial charge is 0.476 e. The summed E-state index contributed by atoms with van der Waals surface area (Å²) in [6.07, 6.45) is 3.80. The quantitative estimate of drug-likeness (QED) is 0.324. The summed E-state index contributed by atoms with van der Waals surface area (Å²) in [6, 6.07) is 4.39. The molecule has 0 saturated carbocycles. The highest BCUT2D eigenvalue weighted by molar-refractivity contribution is 5.86. The van der Waals surface area contributed by atoms with Crippen LogP contribution in [0.1, 0.15) is 66.2 Å². The highest BCUT2D eigenvalue weighted by Gasteiger charge is 2.15. The summed E-state index contributed by atoms with van der Waals surface area (Å²) in [5.74, 6) is -1.03. The fraction of sp³-hybridized carbons (Fsp3) is 0.583. The third-order valence-electron chi connectivity index (χ3n) is 5.11. The van der Waals surface area contributed by atoms with E-state index in [1.54, 1.807) is 6.07 Å². The van der Waals surface area contributed by atoms with Crippen LogP contribution in [-0.4, -0.2) is 40.5 Å². The first-order valence-corrected chi connectivity index (χ1v) is 11.4. The summed E-state index contributed by atoms with van der Waals surface area (Å²) >= 11 is 0. The Bertz CT molecular complexity index is 1010. The lowest BCUT2D eigenvalue weighted by atomic mass is 10.1. The number of rotatable bonds is 13. The van der Waals surface area contributed by atoms with Gasteiger partial charge in [0.1, 0.15) is 5.82 Å². The van der Waals surface area contributed by atoms with Gasteiger partial charge in [-0.1, -0.05) is 6.07 Å². The maximum absolute atomic E-state index is 14.5. The van der Waals surface area contributed by atoms with E-state index < -0.39 is 11.4 Å². The number of benzene rings is 1. The molecule has 0 aliphatic carbocycles. The number of aryl methyl sites for hydroxylation is 1. The minimum absolute atomic E-state index is 0.0424. The molecule has 0 amide bonds. The van der Waals surface area contributed by atoms with Crippen LogP contribution >= 0.6 is 0 Å². The molecule has 9 heteroatoms. The van der Waals surface area contributed by atoms with Crippen LogP contribution in [0.25, 0.3) is 10.8 Å². The lowest BCUT2D eigenvalue weighted by Gasteiger charge is -2.14. The Balaban J connectivity index is 2.02. The summed E-state index contributed by atoms with van der Waals surface area (Å²) in [4.78, 5) is 34.8. The lowest BCUT2D eigenvalue weighted by Crippen LogP contribution is -2.25. The average molecular weight is 465 g/mol. The number of unbranched alkanes of at least 4 members (excludes halogenated alkanes) is 2. The second-order valence-electron chi connectivity index (χ2n) is 8.18. The van der Waals surface area contributed by atoms with Gasteiger partial charge in [0.25, 0.3) is 5.56 Å². The van der Waals surface area contributed by atoms with Gasteiger partial charge in [0.15, 0.2) is 0 Å². The zero-order valence-electron chi connectivity index (χ0n) is 19.8. The highest BCUT2D eigenvalue weighted by atomic mass is 19.1. The van der Waals surface area contributed by atoms with Crippen molar-refractivity contribution in [2.45, 2.75) is 85.0 Å². The molecule has 0 fully saturated rings. The van der Waals surface area contributed by atoms with Crippen LogP contribution in [0.4, 0.5) is 4.39 Å². The van der Waals surface area contributed by atoms with Crippen LogP contribution < -0.4 is 10.3 Å². The van der Waals surface area contributed by atoms with Gasteiger partial charge in [-0.2, -0.15) is 0 Å². The zero-order chi connectivity index (χ0) is 24.4. The number of hydrogen-bond donors (Lipinski definition) is 0. The molecule has 2 atom stereocenters. The fourth-order valence-electron chi connectivity index (χ4n) is 3.60. The summed E-state index contributed by atoms with van der Waals surface area (Å²) in [5, 5.41) is 4.64. The van der Waals surface area contributed by atoms with Gasteiger partial charge in [0, 0.05) is 20.4 Å². The number of carbonyl (C=O) groups is 2. The van der Waals surface area contributed by atoms with Crippen LogP contribution in [0.5, 0.6) is 5.88 Å². The predicted octanol–water partition coefficient (Wildman–Crippen LogP) is 4.16. The monoisotopic (exact) mass is 464 g/mol. The summed E-state index contributed by atoms with van der Waals surface area (Å²) in [7, 11) is 0. The number of carbonyl (C=O) groups excluding carboxylic acids is 2. The van der Waals surface area contributed by atoms with E-state index in [1.807, 2.05) is 13.8 Å². The molecule has 1 heterocycles. The number of aromatic nitrogens is 2. The van der Waals surface area contributed by atoms with Crippen LogP contribution in [0.2, 0.25) is 0 Å². The number of hydrogen-bond acceptors (Lipinski definition) is 7. The minimum Gasteiger partial charge on any atom is -0.476 e. The van der Waals surface area contributed by atoms with Crippen molar-refractivity contribution in [3.63, 3.8) is 0 Å². The minimum atomic E-state index is -0.614. The molecule has 2 rings (SSSR count). The van der Waals surface area contributed by atoms with Crippen LogP contribution in [0.15, 0.2) is 23.0 Å². The molecule has 0 aliphatic heterocycles. The first kappa shape index (κ1) is 26.3. The number of fused-ring (bicyclic) bond motifs is 1. The van der Waals surface area contributed by atoms with Crippen LogP contribution in [-0.2, 0) is 25.6 Å². The summed E-state index contributed by atoms with van der Waals surface area (Å²) in [5.41, 5.74) is -0.501. The average Bonchev–Trinajstić information content (AvgIpc) is 2.72. The van der Waals surface area contributed by atoms with Crippen LogP contribution in [0, 0.1) is 5.82 Å². The molecule has 182 valence electrons. The molecule has 8 nitrogen and oxygen atoms in total. The lowest BCUT2D eigenvalue weighted by molar-refractivity contribution is -0.146. The Morgan fingerprint density at radius 2 is 1.61 bits per heavy atom. The molecular weight excluding hydrogens is 431 g/mol. The van der Waals surface area contributed by atoms with Gasteiger partial charge < -0.3 is 14.2 Å². The molecule has 1 aromatic heterocycles. The van der Waals surface area contributed by atoms with E-state index in [-0.39, 0.29) is 35.4 Å².